The van der Waals surface area contributed by atoms with Crippen molar-refractivity contribution in [2.24, 2.45) is 5.16 Å². The van der Waals surface area contributed by atoms with E-state index >= 15 is 0 Å². The van der Waals surface area contributed by atoms with Crippen LogP contribution >= 0.6 is 11.6 Å². The number of halogens is 1. The standard InChI is InChI=1S/C19H18ClN3O4/c1-12-4-5-23-17(6-12)22-14(9-18(23)24)11-27-21-10-13-7-15(20)19(26-3)16(8-13)25-2/h4-10H,11H2,1-3H3. The maximum atomic E-state index is 12.1. The summed E-state index contributed by atoms with van der Waals surface area (Å²) in [6, 6.07) is 8.51. The van der Waals surface area contributed by atoms with E-state index in [1.807, 2.05) is 19.1 Å². The summed E-state index contributed by atoms with van der Waals surface area (Å²) >= 11 is 6.15. The van der Waals surface area contributed by atoms with Gasteiger partial charge in [0.2, 0.25) is 0 Å². The first-order valence-electron chi connectivity index (χ1n) is 8.07. The molecule has 0 bridgehead atoms. The Balaban J connectivity index is 1.74. The minimum Gasteiger partial charge on any atom is -0.493 e. The number of pyridine rings is 1. The number of fused-ring (bicyclic) bond motifs is 1. The molecule has 3 aromatic rings. The van der Waals surface area contributed by atoms with Gasteiger partial charge in [-0.3, -0.25) is 9.20 Å². The van der Waals surface area contributed by atoms with Gasteiger partial charge >= 0.3 is 0 Å². The summed E-state index contributed by atoms with van der Waals surface area (Å²) in [5, 5.41) is 4.31. The molecule has 7 nitrogen and oxygen atoms in total. The van der Waals surface area contributed by atoms with Gasteiger partial charge in [0, 0.05) is 17.8 Å². The molecule has 27 heavy (non-hydrogen) atoms. The second-order valence-corrected chi connectivity index (χ2v) is 6.17. The molecule has 1 aromatic carbocycles. The fourth-order valence-corrected chi connectivity index (χ4v) is 2.84. The SMILES string of the molecule is COc1cc(C=NOCc2cc(=O)n3ccc(C)cc3n2)cc(Cl)c1OC. The summed E-state index contributed by atoms with van der Waals surface area (Å²) in [6.07, 6.45) is 3.19. The van der Waals surface area contributed by atoms with Crippen LogP contribution in [0.5, 0.6) is 11.5 Å². The van der Waals surface area contributed by atoms with E-state index < -0.39 is 0 Å². The molecule has 0 aliphatic rings. The first-order chi connectivity index (χ1) is 13.0. The lowest BCUT2D eigenvalue weighted by Crippen LogP contribution is -2.15. The van der Waals surface area contributed by atoms with Gasteiger partial charge in [-0.15, -0.1) is 0 Å². The van der Waals surface area contributed by atoms with Crippen molar-refractivity contribution < 1.29 is 14.3 Å². The van der Waals surface area contributed by atoms with Gasteiger partial charge in [0.1, 0.15) is 5.65 Å². The Kier molecular flexibility index (Phi) is 5.61. The smallest absolute Gasteiger partial charge is 0.258 e. The zero-order chi connectivity index (χ0) is 19.4. The molecule has 0 spiro atoms. The molecule has 140 valence electrons. The normalized spacial score (nSPS) is 11.1. The van der Waals surface area contributed by atoms with Crippen molar-refractivity contribution in [2.45, 2.75) is 13.5 Å². The number of rotatable bonds is 6. The van der Waals surface area contributed by atoms with E-state index in [9.17, 15) is 4.79 Å². The molecule has 0 N–H and O–H groups in total. The van der Waals surface area contributed by atoms with Gasteiger partial charge in [-0.1, -0.05) is 16.8 Å². The summed E-state index contributed by atoms with van der Waals surface area (Å²) < 4.78 is 11.9. The van der Waals surface area contributed by atoms with Crippen LogP contribution in [0.4, 0.5) is 0 Å². The monoisotopic (exact) mass is 387 g/mol. The lowest BCUT2D eigenvalue weighted by molar-refractivity contribution is 0.129. The van der Waals surface area contributed by atoms with Crippen molar-refractivity contribution >= 4 is 23.5 Å². The highest BCUT2D eigenvalue weighted by atomic mass is 35.5. The second kappa shape index (κ2) is 8.09. The minimum atomic E-state index is -0.172. The maximum absolute atomic E-state index is 12.1. The average molecular weight is 388 g/mol. The first-order valence-corrected chi connectivity index (χ1v) is 8.45. The highest BCUT2D eigenvalue weighted by Gasteiger charge is 2.10. The Morgan fingerprint density at radius 1 is 1.22 bits per heavy atom. The molecule has 0 fully saturated rings. The summed E-state index contributed by atoms with van der Waals surface area (Å²) in [6.45, 7) is 2.01. The number of oxime groups is 1. The molecular weight excluding hydrogens is 370 g/mol. The van der Waals surface area contributed by atoms with E-state index in [1.165, 1.54) is 30.9 Å². The quantitative estimate of drug-likeness (QED) is 0.479. The number of hydrogen-bond donors (Lipinski definition) is 0. The van der Waals surface area contributed by atoms with Gasteiger partial charge < -0.3 is 14.3 Å². The molecule has 0 saturated carbocycles. The number of aryl methyl sites for hydroxylation is 1. The number of aromatic nitrogens is 2. The predicted molar refractivity (Wildman–Crippen MR) is 103 cm³/mol. The van der Waals surface area contributed by atoms with Gasteiger partial charge in [0.25, 0.3) is 5.56 Å². The Morgan fingerprint density at radius 2 is 2.04 bits per heavy atom. The molecule has 3 rings (SSSR count). The highest BCUT2D eigenvalue weighted by Crippen LogP contribution is 2.35. The maximum Gasteiger partial charge on any atom is 0.258 e. The van der Waals surface area contributed by atoms with Crippen molar-refractivity contribution in [3.8, 4) is 11.5 Å². The Hall–Kier alpha value is -3.06. The van der Waals surface area contributed by atoms with Crippen LogP contribution < -0.4 is 15.0 Å². The first kappa shape index (κ1) is 18.7. The lowest BCUT2D eigenvalue weighted by Gasteiger charge is -2.09. The van der Waals surface area contributed by atoms with Crippen LogP contribution in [-0.2, 0) is 11.4 Å². The van der Waals surface area contributed by atoms with Crippen molar-refractivity contribution in [1.29, 1.82) is 0 Å². The van der Waals surface area contributed by atoms with Crippen molar-refractivity contribution in [3.63, 3.8) is 0 Å². The summed E-state index contributed by atoms with van der Waals surface area (Å²) in [4.78, 5) is 21.8. The molecule has 2 aromatic heterocycles. The third kappa shape index (κ3) is 4.20. The molecule has 0 aliphatic heterocycles. The Morgan fingerprint density at radius 3 is 2.78 bits per heavy atom. The average Bonchev–Trinajstić information content (AvgIpc) is 2.64. The third-order valence-electron chi connectivity index (χ3n) is 3.82. The van der Waals surface area contributed by atoms with Gasteiger partial charge in [0.05, 0.1) is 31.2 Å². The molecule has 0 saturated heterocycles. The largest absolute Gasteiger partial charge is 0.493 e. The minimum absolute atomic E-state index is 0.0667. The van der Waals surface area contributed by atoms with Gasteiger partial charge in [-0.2, -0.15) is 0 Å². The predicted octanol–water partition coefficient (Wildman–Crippen LogP) is 3.22. The van der Waals surface area contributed by atoms with E-state index in [1.54, 1.807) is 18.3 Å². The van der Waals surface area contributed by atoms with Crippen LogP contribution in [0.2, 0.25) is 5.02 Å². The number of ether oxygens (including phenoxy) is 2. The van der Waals surface area contributed by atoms with Crippen molar-refractivity contribution in [3.05, 3.63) is 68.7 Å². The molecule has 0 aliphatic carbocycles. The van der Waals surface area contributed by atoms with Crippen LogP contribution in [0.3, 0.4) is 0 Å². The fourth-order valence-electron chi connectivity index (χ4n) is 2.54. The fraction of sp³-hybridized carbons (Fsp3) is 0.211. The molecule has 8 heteroatoms. The number of benzene rings is 1. The summed E-state index contributed by atoms with van der Waals surface area (Å²) in [7, 11) is 3.04. The Bertz CT molecular complexity index is 1060. The zero-order valence-corrected chi connectivity index (χ0v) is 15.9. The van der Waals surface area contributed by atoms with Gasteiger partial charge in [-0.25, -0.2) is 4.98 Å². The van der Waals surface area contributed by atoms with Gasteiger partial charge in [0.15, 0.2) is 18.1 Å². The van der Waals surface area contributed by atoms with Crippen LogP contribution in [0.15, 0.2) is 46.5 Å². The number of nitrogens with zero attached hydrogens (tertiary/aromatic N) is 3. The van der Waals surface area contributed by atoms with Crippen LogP contribution in [0, 0.1) is 6.92 Å². The van der Waals surface area contributed by atoms with Crippen LogP contribution in [-0.4, -0.2) is 29.8 Å². The van der Waals surface area contributed by atoms with E-state index in [2.05, 4.69) is 10.1 Å². The lowest BCUT2D eigenvalue weighted by atomic mass is 10.2. The number of methoxy groups -OCH3 is 2. The van der Waals surface area contributed by atoms with Crippen LogP contribution in [0.1, 0.15) is 16.8 Å². The molecule has 0 unspecified atom stereocenters. The second-order valence-electron chi connectivity index (χ2n) is 5.76. The number of hydrogen-bond acceptors (Lipinski definition) is 6. The van der Waals surface area contributed by atoms with E-state index in [0.717, 1.165) is 5.56 Å². The molecule has 0 atom stereocenters. The summed E-state index contributed by atoms with van der Waals surface area (Å²) in [5.74, 6) is 0.944. The highest BCUT2D eigenvalue weighted by molar-refractivity contribution is 6.32. The van der Waals surface area contributed by atoms with Crippen LogP contribution in [0.25, 0.3) is 5.65 Å². The van der Waals surface area contributed by atoms with Crippen molar-refractivity contribution in [2.75, 3.05) is 14.2 Å². The molecule has 2 heterocycles. The van der Waals surface area contributed by atoms with E-state index in [4.69, 9.17) is 25.9 Å². The third-order valence-corrected chi connectivity index (χ3v) is 4.10. The van der Waals surface area contributed by atoms with Crippen molar-refractivity contribution in [1.82, 2.24) is 9.38 Å². The van der Waals surface area contributed by atoms with E-state index in [0.29, 0.717) is 33.4 Å². The Labute approximate surface area is 160 Å². The topological polar surface area (TPSA) is 74.4 Å². The zero-order valence-electron chi connectivity index (χ0n) is 15.1. The van der Waals surface area contributed by atoms with Gasteiger partial charge in [-0.05, 0) is 36.8 Å². The molecular formula is C19H18ClN3O4. The molecule has 0 radical (unpaired) electrons. The molecule has 0 amide bonds. The van der Waals surface area contributed by atoms with E-state index in [-0.39, 0.29) is 12.2 Å². The summed E-state index contributed by atoms with van der Waals surface area (Å²) in [5.41, 5.74) is 2.59.